The highest BCUT2D eigenvalue weighted by Crippen LogP contribution is 2.25. The molecule has 17 heavy (non-hydrogen) atoms. The number of carbonyl (C=O) groups is 1. The second-order valence-corrected chi connectivity index (χ2v) is 3.70. The van der Waals surface area contributed by atoms with Crippen LogP contribution in [0.2, 0.25) is 0 Å². The maximum atomic E-state index is 11.3. The smallest absolute Gasteiger partial charge is 0.338 e. The van der Waals surface area contributed by atoms with Gasteiger partial charge in [-0.3, -0.25) is 4.98 Å². The zero-order valence-electron chi connectivity index (χ0n) is 9.55. The van der Waals surface area contributed by atoms with E-state index in [2.05, 4.69) is 4.98 Å². The van der Waals surface area contributed by atoms with E-state index in [0.29, 0.717) is 17.7 Å². The highest BCUT2D eigenvalue weighted by molar-refractivity contribution is 5.97. The summed E-state index contributed by atoms with van der Waals surface area (Å²) in [6.07, 6.45) is 2.27. The molecule has 0 unspecified atom stereocenters. The lowest BCUT2D eigenvalue weighted by Crippen LogP contribution is -2.06. The number of benzene rings is 1. The minimum atomic E-state index is -0.922. The van der Waals surface area contributed by atoms with Gasteiger partial charge in [0.25, 0.3) is 0 Å². The molecule has 0 aliphatic rings. The molecule has 0 saturated carbocycles. The van der Waals surface area contributed by atoms with E-state index in [9.17, 15) is 9.90 Å². The molecule has 1 aromatic carbocycles. The van der Waals surface area contributed by atoms with E-state index >= 15 is 0 Å². The number of aryl methyl sites for hydroxylation is 1. The van der Waals surface area contributed by atoms with Crippen LogP contribution in [0, 0.1) is 0 Å². The van der Waals surface area contributed by atoms with Crippen LogP contribution in [-0.4, -0.2) is 16.1 Å². The van der Waals surface area contributed by atoms with E-state index in [1.807, 2.05) is 37.3 Å². The number of hydrogen-bond donors (Lipinski definition) is 1. The Morgan fingerprint density at radius 1 is 1.24 bits per heavy atom. The van der Waals surface area contributed by atoms with Crippen molar-refractivity contribution in [3.8, 4) is 11.1 Å². The first-order chi connectivity index (χ1) is 8.24. The number of aromatic nitrogens is 1. The summed E-state index contributed by atoms with van der Waals surface area (Å²) in [4.78, 5) is 15.5. The molecule has 0 spiro atoms. The monoisotopic (exact) mass is 227 g/mol. The molecule has 1 heterocycles. The fourth-order valence-corrected chi connectivity index (χ4v) is 1.87. The van der Waals surface area contributed by atoms with Gasteiger partial charge < -0.3 is 5.11 Å². The lowest BCUT2D eigenvalue weighted by atomic mass is 9.98. The predicted molar refractivity (Wildman–Crippen MR) is 66.0 cm³/mol. The number of carboxylic acids is 1. The van der Waals surface area contributed by atoms with Gasteiger partial charge >= 0.3 is 5.97 Å². The van der Waals surface area contributed by atoms with Gasteiger partial charge in [0.05, 0.1) is 11.3 Å². The van der Waals surface area contributed by atoms with E-state index < -0.39 is 5.97 Å². The fraction of sp³-hybridized carbons (Fsp3) is 0.143. The Hall–Kier alpha value is -2.16. The lowest BCUT2D eigenvalue weighted by molar-refractivity contribution is 0.0696. The molecule has 0 aliphatic heterocycles. The number of pyridine rings is 1. The molecule has 0 aliphatic carbocycles. The average molecular weight is 227 g/mol. The van der Waals surface area contributed by atoms with Crippen molar-refractivity contribution < 1.29 is 9.90 Å². The minimum Gasteiger partial charge on any atom is -0.478 e. The van der Waals surface area contributed by atoms with Crippen LogP contribution in [-0.2, 0) is 6.42 Å². The second-order valence-electron chi connectivity index (χ2n) is 3.70. The van der Waals surface area contributed by atoms with Gasteiger partial charge in [-0.2, -0.15) is 0 Å². The van der Waals surface area contributed by atoms with Crippen LogP contribution in [0.3, 0.4) is 0 Å². The molecule has 0 amide bonds. The predicted octanol–water partition coefficient (Wildman–Crippen LogP) is 3.01. The van der Waals surface area contributed by atoms with E-state index in [0.717, 1.165) is 11.1 Å². The van der Waals surface area contributed by atoms with Gasteiger partial charge in [-0.1, -0.05) is 37.3 Å². The van der Waals surface area contributed by atoms with Crippen molar-refractivity contribution >= 4 is 5.97 Å². The normalized spacial score (nSPS) is 10.2. The molecule has 1 aromatic heterocycles. The van der Waals surface area contributed by atoms with Gasteiger partial charge in [-0.05, 0) is 23.6 Å². The molecule has 2 rings (SSSR count). The molecular weight excluding hydrogens is 214 g/mol. The van der Waals surface area contributed by atoms with Gasteiger partial charge in [-0.15, -0.1) is 0 Å². The van der Waals surface area contributed by atoms with Crippen LogP contribution >= 0.6 is 0 Å². The molecule has 0 radical (unpaired) electrons. The Kier molecular flexibility index (Phi) is 3.19. The van der Waals surface area contributed by atoms with Crippen molar-refractivity contribution in [2.45, 2.75) is 13.3 Å². The fourth-order valence-electron chi connectivity index (χ4n) is 1.87. The molecule has 0 fully saturated rings. The number of rotatable bonds is 3. The third-order valence-electron chi connectivity index (χ3n) is 2.66. The molecule has 0 saturated heterocycles. The van der Waals surface area contributed by atoms with Crippen molar-refractivity contribution in [2.75, 3.05) is 0 Å². The lowest BCUT2D eigenvalue weighted by Gasteiger charge is -2.09. The molecule has 3 heteroatoms. The standard InChI is InChI=1S/C14H13NO2/c1-2-12-13(14(16)17)11(8-9-15-12)10-6-4-3-5-7-10/h3-9H,2H2,1H3,(H,16,17). The van der Waals surface area contributed by atoms with Gasteiger partial charge in [-0.25, -0.2) is 4.79 Å². The quantitative estimate of drug-likeness (QED) is 0.876. The number of nitrogens with zero attached hydrogens (tertiary/aromatic N) is 1. The third-order valence-corrected chi connectivity index (χ3v) is 2.66. The molecule has 1 N–H and O–H groups in total. The third kappa shape index (κ3) is 2.18. The van der Waals surface area contributed by atoms with E-state index in [1.54, 1.807) is 12.3 Å². The van der Waals surface area contributed by atoms with Gasteiger partial charge in [0.15, 0.2) is 0 Å². The topological polar surface area (TPSA) is 50.2 Å². The summed E-state index contributed by atoms with van der Waals surface area (Å²) < 4.78 is 0. The summed E-state index contributed by atoms with van der Waals surface area (Å²) in [5, 5.41) is 9.30. The van der Waals surface area contributed by atoms with Crippen LogP contribution in [0.1, 0.15) is 23.0 Å². The minimum absolute atomic E-state index is 0.307. The first-order valence-electron chi connectivity index (χ1n) is 5.50. The van der Waals surface area contributed by atoms with Crippen LogP contribution in [0.4, 0.5) is 0 Å². The zero-order chi connectivity index (χ0) is 12.3. The van der Waals surface area contributed by atoms with Crippen LogP contribution in [0.15, 0.2) is 42.6 Å². The SMILES string of the molecule is CCc1nccc(-c2ccccc2)c1C(=O)O. The van der Waals surface area contributed by atoms with Gasteiger partial charge in [0.2, 0.25) is 0 Å². The van der Waals surface area contributed by atoms with Gasteiger partial charge in [0, 0.05) is 6.20 Å². The Morgan fingerprint density at radius 2 is 1.94 bits per heavy atom. The maximum Gasteiger partial charge on any atom is 0.338 e. The summed E-state index contributed by atoms with van der Waals surface area (Å²) in [7, 11) is 0. The van der Waals surface area contributed by atoms with Crippen molar-refractivity contribution in [3.63, 3.8) is 0 Å². The molecule has 0 bridgehead atoms. The summed E-state index contributed by atoms with van der Waals surface area (Å²) >= 11 is 0. The number of aromatic carboxylic acids is 1. The zero-order valence-corrected chi connectivity index (χ0v) is 9.55. The van der Waals surface area contributed by atoms with E-state index in [-0.39, 0.29) is 0 Å². The number of carboxylic acid groups (broad SMARTS) is 1. The summed E-state index contributed by atoms with van der Waals surface area (Å²) in [5.74, 6) is -0.922. The first kappa shape index (κ1) is 11.3. The van der Waals surface area contributed by atoms with Gasteiger partial charge in [0.1, 0.15) is 0 Å². The second kappa shape index (κ2) is 4.78. The van der Waals surface area contributed by atoms with Crippen molar-refractivity contribution in [3.05, 3.63) is 53.9 Å². The number of hydrogen-bond acceptors (Lipinski definition) is 2. The summed E-state index contributed by atoms with van der Waals surface area (Å²) in [6.45, 7) is 1.91. The molecule has 86 valence electrons. The van der Waals surface area contributed by atoms with Crippen molar-refractivity contribution in [1.82, 2.24) is 4.98 Å². The van der Waals surface area contributed by atoms with Crippen LogP contribution in [0.25, 0.3) is 11.1 Å². The largest absolute Gasteiger partial charge is 0.478 e. The van der Waals surface area contributed by atoms with Crippen molar-refractivity contribution in [2.24, 2.45) is 0 Å². The Balaban J connectivity index is 2.66. The highest BCUT2D eigenvalue weighted by Gasteiger charge is 2.16. The Morgan fingerprint density at radius 3 is 2.53 bits per heavy atom. The average Bonchev–Trinajstić information content (AvgIpc) is 2.38. The van der Waals surface area contributed by atoms with Crippen LogP contribution in [0.5, 0.6) is 0 Å². The van der Waals surface area contributed by atoms with E-state index in [4.69, 9.17) is 0 Å². The van der Waals surface area contributed by atoms with Crippen molar-refractivity contribution in [1.29, 1.82) is 0 Å². The summed E-state index contributed by atoms with van der Waals surface area (Å²) in [6, 6.07) is 11.3. The molecular formula is C14H13NO2. The van der Waals surface area contributed by atoms with Crippen LogP contribution < -0.4 is 0 Å². The first-order valence-corrected chi connectivity index (χ1v) is 5.50. The van der Waals surface area contributed by atoms with E-state index in [1.165, 1.54) is 0 Å². The molecule has 2 aromatic rings. The highest BCUT2D eigenvalue weighted by atomic mass is 16.4. The Labute approximate surface area is 99.8 Å². The summed E-state index contributed by atoms with van der Waals surface area (Å²) in [5.41, 5.74) is 2.56. The molecule has 0 atom stereocenters. The molecule has 3 nitrogen and oxygen atoms in total. The Bertz CT molecular complexity index is 535. The maximum absolute atomic E-state index is 11.3.